The standard InChI is InChI=1S/C31H32O4/c1-32-27-16-11-23(12-17-27)7-8-24-13-18-28(19-14-24)35-31-22-26(15-20-30(31)34-3)10-9-25-5-4-6-29(21-25)33-2/h4-6,11-22H,7-10H2,1-3H3. The minimum absolute atomic E-state index is 0.721. The number of methoxy groups -OCH3 is 3. The Kier molecular flexibility index (Phi) is 8.29. The first-order valence-electron chi connectivity index (χ1n) is 11.9. The molecule has 0 N–H and O–H groups in total. The molecule has 0 aliphatic carbocycles. The molecule has 4 heteroatoms. The van der Waals surface area contributed by atoms with E-state index in [9.17, 15) is 0 Å². The number of hydrogen-bond acceptors (Lipinski definition) is 4. The minimum atomic E-state index is 0.721. The van der Waals surface area contributed by atoms with E-state index in [2.05, 4.69) is 48.5 Å². The molecule has 180 valence electrons. The van der Waals surface area contributed by atoms with Gasteiger partial charge in [0.25, 0.3) is 0 Å². The predicted octanol–water partition coefficient (Wildman–Crippen LogP) is 7.08. The van der Waals surface area contributed by atoms with Crippen molar-refractivity contribution in [2.75, 3.05) is 21.3 Å². The molecule has 0 radical (unpaired) electrons. The third-order valence-corrected chi connectivity index (χ3v) is 6.08. The van der Waals surface area contributed by atoms with Gasteiger partial charge < -0.3 is 18.9 Å². The van der Waals surface area contributed by atoms with Crippen LogP contribution in [0, 0.1) is 0 Å². The monoisotopic (exact) mass is 468 g/mol. The van der Waals surface area contributed by atoms with Crippen molar-refractivity contribution in [2.45, 2.75) is 25.7 Å². The lowest BCUT2D eigenvalue weighted by molar-refractivity contribution is 0.378. The zero-order valence-corrected chi connectivity index (χ0v) is 20.6. The lowest BCUT2D eigenvalue weighted by Gasteiger charge is -2.13. The van der Waals surface area contributed by atoms with E-state index in [0.29, 0.717) is 0 Å². The molecule has 4 nitrogen and oxygen atoms in total. The molecule has 4 aromatic carbocycles. The third kappa shape index (κ3) is 6.80. The Labute approximate surface area is 208 Å². The molecule has 0 saturated carbocycles. The summed E-state index contributed by atoms with van der Waals surface area (Å²) < 4.78 is 22.3. The highest BCUT2D eigenvalue weighted by atomic mass is 16.5. The molecule has 0 spiro atoms. The normalized spacial score (nSPS) is 10.6. The molecule has 0 bridgehead atoms. The van der Waals surface area contributed by atoms with Crippen molar-refractivity contribution in [3.63, 3.8) is 0 Å². The second-order valence-corrected chi connectivity index (χ2v) is 8.43. The molecule has 0 unspecified atom stereocenters. The largest absolute Gasteiger partial charge is 0.497 e. The van der Waals surface area contributed by atoms with Gasteiger partial charge in [-0.05, 0) is 96.5 Å². The maximum absolute atomic E-state index is 6.21. The summed E-state index contributed by atoms with van der Waals surface area (Å²) in [5.41, 5.74) is 5.00. The summed E-state index contributed by atoms with van der Waals surface area (Å²) in [6, 6.07) is 30.8. The Balaban J connectivity index is 1.38. The first-order chi connectivity index (χ1) is 17.2. The summed E-state index contributed by atoms with van der Waals surface area (Å²) in [6.07, 6.45) is 3.77. The summed E-state index contributed by atoms with van der Waals surface area (Å²) in [5.74, 6) is 4.01. The third-order valence-electron chi connectivity index (χ3n) is 6.08. The number of rotatable bonds is 11. The van der Waals surface area contributed by atoms with E-state index in [1.165, 1.54) is 22.3 Å². The average Bonchev–Trinajstić information content (AvgIpc) is 2.92. The first kappa shape index (κ1) is 24.2. The summed E-state index contributed by atoms with van der Waals surface area (Å²) in [5, 5.41) is 0. The van der Waals surface area contributed by atoms with Gasteiger partial charge >= 0.3 is 0 Å². The molecule has 35 heavy (non-hydrogen) atoms. The van der Waals surface area contributed by atoms with Crippen LogP contribution in [0.15, 0.2) is 91.0 Å². The molecule has 0 aliphatic rings. The van der Waals surface area contributed by atoms with E-state index in [0.717, 1.165) is 54.4 Å². The lowest BCUT2D eigenvalue weighted by atomic mass is 10.0. The first-order valence-corrected chi connectivity index (χ1v) is 11.9. The van der Waals surface area contributed by atoms with Crippen LogP contribution in [0.5, 0.6) is 28.7 Å². The van der Waals surface area contributed by atoms with Crippen LogP contribution in [0.1, 0.15) is 22.3 Å². The van der Waals surface area contributed by atoms with Gasteiger partial charge in [-0.1, -0.05) is 42.5 Å². The molecule has 4 aromatic rings. The van der Waals surface area contributed by atoms with Gasteiger partial charge in [-0.25, -0.2) is 0 Å². The second kappa shape index (κ2) is 12.0. The molecule has 0 aromatic heterocycles. The Morgan fingerprint density at radius 2 is 0.971 bits per heavy atom. The van der Waals surface area contributed by atoms with Crippen LogP contribution in [0.4, 0.5) is 0 Å². The molecule has 4 rings (SSSR count). The van der Waals surface area contributed by atoms with Crippen LogP contribution in [0.2, 0.25) is 0 Å². The summed E-state index contributed by atoms with van der Waals surface area (Å²) in [4.78, 5) is 0. The summed E-state index contributed by atoms with van der Waals surface area (Å²) in [7, 11) is 5.05. The SMILES string of the molecule is COc1ccc(CCc2ccc(Oc3cc(CCc4cccc(OC)c4)ccc3OC)cc2)cc1. The molecule has 0 aliphatic heterocycles. The zero-order chi connectivity index (χ0) is 24.5. The van der Waals surface area contributed by atoms with Gasteiger partial charge in [-0.15, -0.1) is 0 Å². The van der Waals surface area contributed by atoms with Gasteiger partial charge in [-0.2, -0.15) is 0 Å². The van der Waals surface area contributed by atoms with E-state index in [-0.39, 0.29) is 0 Å². The fraction of sp³-hybridized carbons (Fsp3) is 0.226. The molecular formula is C31H32O4. The Morgan fingerprint density at radius 3 is 1.57 bits per heavy atom. The van der Waals surface area contributed by atoms with Crippen molar-refractivity contribution in [2.24, 2.45) is 0 Å². The maximum atomic E-state index is 6.21. The topological polar surface area (TPSA) is 36.9 Å². The molecule has 0 saturated heterocycles. The van der Waals surface area contributed by atoms with Gasteiger partial charge in [0.1, 0.15) is 17.2 Å². The molecule has 0 amide bonds. The van der Waals surface area contributed by atoms with Crippen molar-refractivity contribution in [3.05, 3.63) is 113 Å². The Hall–Kier alpha value is -3.92. The van der Waals surface area contributed by atoms with Crippen LogP contribution < -0.4 is 18.9 Å². The smallest absolute Gasteiger partial charge is 0.169 e. The van der Waals surface area contributed by atoms with Gasteiger partial charge in [0.15, 0.2) is 11.5 Å². The molecule has 0 fully saturated rings. The molecule has 0 atom stereocenters. The van der Waals surface area contributed by atoms with E-state index in [4.69, 9.17) is 18.9 Å². The highest BCUT2D eigenvalue weighted by molar-refractivity contribution is 5.46. The number of benzene rings is 4. The number of ether oxygens (including phenoxy) is 4. The average molecular weight is 469 g/mol. The van der Waals surface area contributed by atoms with E-state index in [1.807, 2.05) is 42.5 Å². The van der Waals surface area contributed by atoms with Gasteiger partial charge in [-0.3, -0.25) is 0 Å². The van der Waals surface area contributed by atoms with Crippen molar-refractivity contribution >= 4 is 0 Å². The van der Waals surface area contributed by atoms with E-state index >= 15 is 0 Å². The summed E-state index contributed by atoms with van der Waals surface area (Å²) >= 11 is 0. The van der Waals surface area contributed by atoms with Crippen molar-refractivity contribution in [3.8, 4) is 28.7 Å². The van der Waals surface area contributed by atoms with Gasteiger partial charge in [0.2, 0.25) is 0 Å². The van der Waals surface area contributed by atoms with Crippen LogP contribution in [0.3, 0.4) is 0 Å². The van der Waals surface area contributed by atoms with E-state index < -0.39 is 0 Å². The van der Waals surface area contributed by atoms with Crippen LogP contribution in [0.25, 0.3) is 0 Å². The highest BCUT2D eigenvalue weighted by Gasteiger charge is 2.09. The predicted molar refractivity (Wildman–Crippen MR) is 140 cm³/mol. The summed E-state index contributed by atoms with van der Waals surface area (Å²) in [6.45, 7) is 0. The van der Waals surface area contributed by atoms with Gasteiger partial charge in [0, 0.05) is 0 Å². The highest BCUT2D eigenvalue weighted by Crippen LogP contribution is 2.33. The van der Waals surface area contributed by atoms with Crippen molar-refractivity contribution < 1.29 is 18.9 Å². The zero-order valence-electron chi connectivity index (χ0n) is 20.6. The molecular weight excluding hydrogens is 436 g/mol. The van der Waals surface area contributed by atoms with Crippen LogP contribution in [-0.4, -0.2) is 21.3 Å². The molecule has 0 heterocycles. The van der Waals surface area contributed by atoms with Crippen LogP contribution in [-0.2, 0) is 25.7 Å². The fourth-order valence-electron chi connectivity index (χ4n) is 4.01. The Morgan fingerprint density at radius 1 is 0.429 bits per heavy atom. The number of hydrogen-bond donors (Lipinski definition) is 0. The van der Waals surface area contributed by atoms with Crippen LogP contribution >= 0.6 is 0 Å². The second-order valence-electron chi connectivity index (χ2n) is 8.43. The van der Waals surface area contributed by atoms with Gasteiger partial charge in [0.05, 0.1) is 21.3 Å². The fourth-order valence-corrected chi connectivity index (χ4v) is 4.01. The lowest BCUT2D eigenvalue weighted by Crippen LogP contribution is -1.96. The Bertz CT molecular complexity index is 1210. The van der Waals surface area contributed by atoms with Crippen molar-refractivity contribution in [1.29, 1.82) is 0 Å². The van der Waals surface area contributed by atoms with Crippen molar-refractivity contribution in [1.82, 2.24) is 0 Å². The number of aryl methyl sites for hydroxylation is 4. The van der Waals surface area contributed by atoms with E-state index in [1.54, 1.807) is 21.3 Å². The quantitative estimate of drug-likeness (QED) is 0.236. The minimum Gasteiger partial charge on any atom is -0.497 e. The maximum Gasteiger partial charge on any atom is 0.169 e.